The molecule has 8 heteroatoms. The van der Waals surface area contributed by atoms with Crippen LogP contribution in [0.15, 0.2) is 29.1 Å². The summed E-state index contributed by atoms with van der Waals surface area (Å²) in [6, 6.07) is 7.72. The number of hydrogen-bond donors (Lipinski definition) is 1. The quantitative estimate of drug-likeness (QED) is 0.750. The van der Waals surface area contributed by atoms with Crippen LogP contribution in [0.25, 0.3) is 5.65 Å². The van der Waals surface area contributed by atoms with Crippen LogP contribution in [0, 0.1) is 20.8 Å². The van der Waals surface area contributed by atoms with Gasteiger partial charge in [0.2, 0.25) is 11.9 Å². The first-order chi connectivity index (χ1) is 13.4. The van der Waals surface area contributed by atoms with Gasteiger partial charge in [0.1, 0.15) is 6.54 Å². The second kappa shape index (κ2) is 7.10. The number of carbonyl (C=O) groups is 1. The molecule has 2 aromatic heterocycles. The molecule has 0 aliphatic carbocycles. The van der Waals surface area contributed by atoms with Crippen LogP contribution in [0.5, 0.6) is 0 Å². The van der Waals surface area contributed by atoms with Crippen molar-refractivity contribution in [1.82, 2.24) is 24.1 Å². The van der Waals surface area contributed by atoms with Gasteiger partial charge in [0.15, 0.2) is 5.65 Å². The summed E-state index contributed by atoms with van der Waals surface area (Å²) in [7, 11) is 0. The number of hydrogen-bond acceptors (Lipinski definition) is 5. The van der Waals surface area contributed by atoms with E-state index in [0.29, 0.717) is 11.6 Å². The summed E-state index contributed by atoms with van der Waals surface area (Å²) in [5, 5.41) is 7.58. The Kier molecular flexibility index (Phi) is 4.62. The lowest BCUT2D eigenvalue weighted by atomic mass is 10.1. The molecular weight excluding hydrogens is 356 g/mol. The highest BCUT2D eigenvalue weighted by Gasteiger charge is 2.21. The lowest BCUT2D eigenvalue weighted by Crippen LogP contribution is -2.35. The summed E-state index contributed by atoms with van der Waals surface area (Å²) < 4.78 is 2.64. The molecular formula is C20H24N6O2. The molecule has 146 valence electrons. The highest BCUT2D eigenvalue weighted by atomic mass is 16.2. The van der Waals surface area contributed by atoms with Crippen LogP contribution in [0.1, 0.15) is 29.7 Å². The van der Waals surface area contributed by atoms with Crippen molar-refractivity contribution in [3.8, 4) is 0 Å². The third kappa shape index (κ3) is 3.37. The molecule has 1 amide bonds. The largest absolute Gasteiger partial charge is 0.353 e. The Labute approximate surface area is 162 Å². The predicted octanol–water partition coefficient (Wildman–Crippen LogP) is 2.18. The van der Waals surface area contributed by atoms with Gasteiger partial charge < -0.3 is 10.2 Å². The second-order valence-corrected chi connectivity index (χ2v) is 7.37. The summed E-state index contributed by atoms with van der Waals surface area (Å²) in [6.45, 7) is 7.39. The molecule has 3 heterocycles. The first-order valence-corrected chi connectivity index (χ1v) is 9.51. The monoisotopic (exact) mass is 380 g/mol. The average Bonchev–Trinajstić information content (AvgIpc) is 3.27. The zero-order chi connectivity index (χ0) is 19.8. The molecule has 0 unspecified atom stereocenters. The maximum Gasteiger partial charge on any atom is 0.353 e. The number of benzene rings is 1. The second-order valence-electron chi connectivity index (χ2n) is 7.37. The molecule has 4 rings (SSSR count). The third-order valence-corrected chi connectivity index (χ3v) is 5.20. The Bertz CT molecular complexity index is 1110. The maximum atomic E-state index is 12.9. The van der Waals surface area contributed by atoms with Crippen molar-refractivity contribution in [2.45, 2.75) is 40.2 Å². The summed E-state index contributed by atoms with van der Waals surface area (Å²) >= 11 is 0. The minimum atomic E-state index is -0.374. The number of rotatable bonds is 4. The van der Waals surface area contributed by atoms with Gasteiger partial charge in [-0.3, -0.25) is 4.79 Å². The van der Waals surface area contributed by atoms with Crippen molar-refractivity contribution in [3.63, 3.8) is 0 Å². The summed E-state index contributed by atoms with van der Waals surface area (Å²) in [5.74, 6) is 0.319. The number of likely N-dealkylation sites (tertiary alicyclic amines) is 1. The number of nitrogens with one attached hydrogen (secondary N) is 1. The van der Waals surface area contributed by atoms with Crippen molar-refractivity contribution in [3.05, 3.63) is 51.6 Å². The Hall–Kier alpha value is -3.16. The van der Waals surface area contributed by atoms with Gasteiger partial charge >= 0.3 is 5.69 Å². The lowest BCUT2D eigenvalue weighted by molar-refractivity contribution is -0.131. The fraction of sp³-hybridized carbons (Fsp3) is 0.400. The van der Waals surface area contributed by atoms with E-state index < -0.39 is 0 Å². The average molecular weight is 380 g/mol. The zero-order valence-electron chi connectivity index (χ0n) is 16.4. The number of fused-ring (bicyclic) bond motifs is 1. The lowest BCUT2D eigenvalue weighted by Gasteiger charge is -2.14. The number of anilines is 2. The molecule has 1 fully saturated rings. The van der Waals surface area contributed by atoms with E-state index in [1.165, 1.54) is 14.6 Å². The molecule has 0 atom stereocenters. The molecule has 0 spiro atoms. The maximum absolute atomic E-state index is 12.9. The number of carbonyl (C=O) groups excluding carboxylic acids is 1. The van der Waals surface area contributed by atoms with Gasteiger partial charge in [-0.25, -0.2) is 18.9 Å². The number of nitrogens with zero attached hydrogens (tertiary/aromatic N) is 5. The molecule has 1 aromatic carbocycles. The molecule has 8 nitrogen and oxygen atoms in total. The number of aromatic nitrogens is 4. The first-order valence-electron chi connectivity index (χ1n) is 9.51. The molecule has 28 heavy (non-hydrogen) atoms. The highest BCUT2D eigenvalue weighted by molar-refractivity contribution is 5.76. The Morgan fingerprint density at radius 3 is 2.57 bits per heavy atom. The molecule has 0 radical (unpaired) electrons. The molecule has 0 bridgehead atoms. The van der Waals surface area contributed by atoms with E-state index in [1.807, 2.05) is 39.0 Å². The van der Waals surface area contributed by atoms with Crippen LogP contribution in [0.2, 0.25) is 0 Å². The third-order valence-electron chi connectivity index (χ3n) is 5.20. The fourth-order valence-corrected chi connectivity index (χ4v) is 3.48. The molecule has 1 aliphatic rings. The number of aryl methyl sites for hydroxylation is 3. The molecule has 3 aromatic rings. The van der Waals surface area contributed by atoms with Gasteiger partial charge in [0.05, 0.1) is 0 Å². The van der Waals surface area contributed by atoms with Crippen LogP contribution in [-0.4, -0.2) is 43.1 Å². The SMILES string of the molecule is Cc1cc2nn(CC(=O)N3CCCC3)c(=O)n2c(Nc2ccc(C)c(C)c2)n1. The normalized spacial score (nSPS) is 14.0. The van der Waals surface area contributed by atoms with Crippen molar-refractivity contribution in [1.29, 1.82) is 0 Å². The predicted molar refractivity (Wildman–Crippen MR) is 107 cm³/mol. The van der Waals surface area contributed by atoms with E-state index in [0.717, 1.165) is 42.9 Å². The van der Waals surface area contributed by atoms with Gasteiger partial charge in [-0.2, -0.15) is 0 Å². The molecule has 0 saturated carbocycles. The first kappa shape index (κ1) is 18.2. The Morgan fingerprint density at radius 2 is 1.86 bits per heavy atom. The van der Waals surface area contributed by atoms with Crippen LogP contribution in [-0.2, 0) is 11.3 Å². The summed E-state index contributed by atoms with van der Waals surface area (Å²) in [5.41, 5.74) is 4.02. The van der Waals surface area contributed by atoms with Crippen LogP contribution < -0.4 is 11.0 Å². The molecule has 1 N–H and O–H groups in total. The zero-order valence-corrected chi connectivity index (χ0v) is 16.4. The van der Waals surface area contributed by atoms with Gasteiger partial charge in [0, 0.05) is 30.5 Å². The van der Waals surface area contributed by atoms with Crippen LogP contribution in [0.4, 0.5) is 11.6 Å². The fourth-order valence-electron chi connectivity index (χ4n) is 3.48. The van der Waals surface area contributed by atoms with E-state index >= 15 is 0 Å². The van der Waals surface area contributed by atoms with E-state index in [9.17, 15) is 9.59 Å². The van der Waals surface area contributed by atoms with E-state index in [-0.39, 0.29) is 18.1 Å². The van der Waals surface area contributed by atoms with Crippen molar-refractivity contribution >= 4 is 23.2 Å². The van der Waals surface area contributed by atoms with Crippen molar-refractivity contribution < 1.29 is 4.79 Å². The van der Waals surface area contributed by atoms with E-state index in [2.05, 4.69) is 15.4 Å². The summed E-state index contributed by atoms with van der Waals surface area (Å²) in [4.78, 5) is 31.6. The van der Waals surface area contributed by atoms with Crippen molar-refractivity contribution in [2.24, 2.45) is 0 Å². The summed E-state index contributed by atoms with van der Waals surface area (Å²) in [6.07, 6.45) is 2.03. The van der Waals surface area contributed by atoms with E-state index in [4.69, 9.17) is 0 Å². The van der Waals surface area contributed by atoms with Gasteiger partial charge in [-0.05, 0) is 56.9 Å². The molecule has 1 aliphatic heterocycles. The van der Waals surface area contributed by atoms with E-state index in [1.54, 1.807) is 11.0 Å². The Morgan fingerprint density at radius 1 is 1.11 bits per heavy atom. The minimum Gasteiger partial charge on any atom is -0.341 e. The number of amides is 1. The minimum absolute atomic E-state index is 0.0529. The van der Waals surface area contributed by atoms with Crippen molar-refractivity contribution in [2.75, 3.05) is 18.4 Å². The topological polar surface area (TPSA) is 84.5 Å². The van der Waals surface area contributed by atoms with Gasteiger partial charge in [-0.1, -0.05) is 6.07 Å². The Balaban J connectivity index is 1.70. The van der Waals surface area contributed by atoms with Gasteiger partial charge in [-0.15, -0.1) is 5.10 Å². The van der Waals surface area contributed by atoms with Crippen LogP contribution >= 0.6 is 0 Å². The highest BCUT2D eigenvalue weighted by Crippen LogP contribution is 2.19. The molecule has 1 saturated heterocycles. The van der Waals surface area contributed by atoms with Gasteiger partial charge in [0.25, 0.3) is 0 Å². The van der Waals surface area contributed by atoms with Crippen LogP contribution in [0.3, 0.4) is 0 Å². The smallest absolute Gasteiger partial charge is 0.341 e. The standard InChI is InChI=1S/C20H24N6O2/c1-13-6-7-16(10-14(13)2)22-19-21-15(3)11-17-23-25(20(28)26(17)19)12-18(27)24-8-4-5-9-24/h6-7,10-11H,4-5,8-9,12H2,1-3H3,(H,21,22).